The Hall–Kier alpha value is -2.64. The molecule has 1 aliphatic carbocycles. The molecule has 0 amide bonds. The van der Waals surface area contributed by atoms with Gasteiger partial charge in [-0.1, -0.05) is 6.07 Å². The maximum Gasteiger partial charge on any atom is 0.425 e. The molecule has 3 rings (SSSR count). The van der Waals surface area contributed by atoms with Crippen LogP contribution in [0.2, 0.25) is 0 Å². The van der Waals surface area contributed by atoms with Crippen LogP contribution in [0.5, 0.6) is 5.75 Å². The Morgan fingerprint density at radius 2 is 2.00 bits per heavy atom. The number of halogens is 4. The van der Waals surface area contributed by atoms with E-state index in [1.165, 1.54) is 0 Å². The molecule has 0 spiro atoms. The van der Waals surface area contributed by atoms with Crippen molar-refractivity contribution in [3.8, 4) is 17.0 Å². The van der Waals surface area contributed by atoms with Crippen LogP contribution in [0.25, 0.3) is 11.3 Å². The number of aromatic carboxylic acids is 1. The first kappa shape index (κ1) is 18.2. The third kappa shape index (κ3) is 3.79. The van der Waals surface area contributed by atoms with Gasteiger partial charge in [-0.3, -0.25) is 4.98 Å². The molecule has 0 saturated heterocycles. The molecule has 0 bridgehead atoms. The number of alkyl halides is 3. The van der Waals surface area contributed by atoms with Crippen LogP contribution in [0.15, 0.2) is 30.5 Å². The summed E-state index contributed by atoms with van der Waals surface area (Å²) >= 11 is 0. The Labute approximate surface area is 146 Å². The van der Waals surface area contributed by atoms with Crippen LogP contribution in [-0.2, 0) is 0 Å². The predicted octanol–water partition coefficient (Wildman–Crippen LogP) is 4.79. The van der Waals surface area contributed by atoms with Gasteiger partial charge in [0.1, 0.15) is 17.1 Å². The van der Waals surface area contributed by atoms with Crippen LogP contribution >= 0.6 is 0 Å². The number of aromatic nitrogens is 1. The number of pyridine rings is 1. The van der Waals surface area contributed by atoms with Crippen molar-refractivity contribution in [2.75, 3.05) is 0 Å². The fourth-order valence-electron chi connectivity index (χ4n) is 2.49. The van der Waals surface area contributed by atoms with Crippen LogP contribution in [0.3, 0.4) is 0 Å². The minimum atomic E-state index is -4.69. The number of hydrogen-bond donors (Lipinski definition) is 1. The van der Waals surface area contributed by atoms with Crippen molar-refractivity contribution < 1.29 is 32.2 Å². The smallest absolute Gasteiger partial charge is 0.425 e. The number of ether oxygens (including phenoxy) is 1. The zero-order chi connectivity index (χ0) is 19.1. The summed E-state index contributed by atoms with van der Waals surface area (Å²) in [5, 5.41) is 9.13. The van der Waals surface area contributed by atoms with Gasteiger partial charge in [-0.15, -0.1) is 0 Å². The second-order valence-electron chi connectivity index (χ2n) is 6.19. The van der Waals surface area contributed by atoms with E-state index in [0.717, 1.165) is 31.4 Å². The van der Waals surface area contributed by atoms with E-state index in [1.807, 2.05) is 0 Å². The molecular weight excluding hydrogens is 354 g/mol. The summed E-state index contributed by atoms with van der Waals surface area (Å²) in [6.45, 7) is 0.747. The SMILES string of the molecule is C[C@H](Oc1cc(-c2ccc(C3CC3)cn2)c(F)cc1C(=O)O)C(F)(F)F. The lowest BCUT2D eigenvalue weighted by Crippen LogP contribution is -2.31. The van der Waals surface area contributed by atoms with E-state index in [-0.39, 0.29) is 11.3 Å². The van der Waals surface area contributed by atoms with Crippen molar-refractivity contribution in [2.45, 2.75) is 38.0 Å². The van der Waals surface area contributed by atoms with E-state index in [1.54, 1.807) is 18.3 Å². The average molecular weight is 369 g/mol. The second kappa shape index (κ2) is 6.59. The molecule has 1 atom stereocenters. The fraction of sp³-hybridized carbons (Fsp3) is 0.333. The molecule has 0 unspecified atom stereocenters. The minimum absolute atomic E-state index is 0.123. The summed E-state index contributed by atoms with van der Waals surface area (Å²) in [4.78, 5) is 15.4. The van der Waals surface area contributed by atoms with Gasteiger partial charge in [-0.25, -0.2) is 9.18 Å². The number of benzene rings is 1. The van der Waals surface area contributed by atoms with Gasteiger partial charge in [0.2, 0.25) is 0 Å². The van der Waals surface area contributed by atoms with Crippen molar-refractivity contribution in [3.05, 3.63) is 47.4 Å². The minimum Gasteiger partial charge on any atom is -0.480 e. The molecule has 0 radical (unpaired) electrons. The van der Waals surface area contributed by atoms with Crippen molar-refractivity contribution >= 4 is 5.97 Å². The highest BCUT2D eigenvalue weighted by atomic mass is 19.4. The summed E-state index contributed by atoms with van der Waals surface area (Å²) in [5.74, 6) is -2.60. The van der Waals surface area contributed by atoms with E-state index in [2.05, 4.69) is 4.98 Å². The third-order valence-electron chi connectivity index (χ3n) is 4.18. The number of carboxylic acids is 1. The number of nitrogens with zero attached hydrogens (tertiary/aromatic N) is 1. The molecule has 1 aromatic carbocycles. The lowest BCUT2D eigenvalue weighted by molar-refractivity contribution is -0.189. The highest BCUT2D eigenvalue weighted by molar-refractivity contribution is 5.92. The van der Waals surface area contributed by atoms with Gasteiger partial charge in [-0.05, 0) is 49.4 Å². The molecule has 26 heavy (non-hydrogen) atoms. The van der Waals surface area contributed by atoms with Gasteiger partial charge < -0.3 is 9.84 Å². The monoisotopic (exact) mass is 369 g/mol. The lowest BCUT2D eigenvalue weighted by atomic mass is 10.0. The summed E-state index contributed by atoms with van der Waals surface area (Å²) < 4.78 is 57.3. The molecule has 4 nitrogen and oxygen atoms in total. The average Bonchev–Trinajstić information content (AvgIpc) is 3.40. The summed E-state index contributed by atoms with van der Waals surface area (Å²) in [6, 6.07) is 4.93. The quantitative estimate of drug-likeness (QED) is 0.770. The molecule has 8 heteroatoms. The molecule has 1 aromatic heterocycles. The molecule has 1 fully saturated rings. The topological polar surface area (TPSA) is 59.4 Å². The van der Waals surface area contributed by atoms with E-state index < -0.39 is 35.4 Å². The highest BCUT2D eigenvalue weighted by Gasteiger charge is 2.39. The van der Waals surface area contributed by atoms with E-state index in [0.29, 0.717) is 12.0 Å². The number of carbonyl (C=O) groups is 1. The van der Waals surface area contributed by atoms with Gasteiger partial charge in [0.25, 0.3) is 0 Å². The molecular formula is C18H15F4NO3. The number of hydrogen-bond acceptors (Lipinski definition) is 3. The van der Waals surface area contributed by atoms with Crippen LogP contribution in [0.1, 0.15) is 41.6 Å². The highest BCUT2D eigenvalue weighted by Crippen LogP contribution is 2.40. The fourth-order valence-corrected chi connectivity index (χ4v) is 2.49. The molecule has 1 heterocycles. The molecule has 1 N–H and O–H groups in total. The molecule has 1 saturated carbocycles. The van der Waals surface area contributed by atoms with Crippen LogP contribution in [0, 0.1) is 5.82 Å². The lowest BCUT2D eigenvalue weighted by Gasteiger charge is -2.19. The summed E-state index contributed by atoms with van der Waals surface area (Å²) in [7, 11) is 0. The van der Waals surface area contributed by atoms with Crippen molar-refractivity contribution in [1.82, 2.24) is 4.98 Å². The number of carboxylic acid groups (broad SMARTS) is 1. The van der Waals surface area contributed by atoms with Gasteiger partial charge in [0.05, 0.1) is 5.69 Å². The summed E-state index contributed by atoms with van der Waals surface area (Å²) in [5.41, 5.74) is 0.394. The Kier molecular flexibility index (Phi) is 4.60. The standard InChI is InChI=1S/C18H15F4NO3/c1-9(18(20,21)22)26-16-7-12(14(19)6-13(16)17(24)25)15-5-4-11(8-23-15)10-2-3-10/h4-10H,2-3H2,1H3,(H,24,25)/t9-/m0/s1. The largest absolute Gasteiger partial charge is 0.480 e. The van der Waals surface area contributed by atoms with Gasteiger partial charge >= 0.3 is 12.1 Å². The van der Waals surface area contributed by atoms with Gasteiger partial charge in [0, 0.05) is 11.8 Å². The normalized spacial score (nSPS) is 15.6. The third-order valence-corrected chi connectivity index (χ3v) is 4.18. The van der Waals surface area contributed by atoms with Crippen molar-refractivity contribution in [2.24, 2.45) is 0 Å². The zero-order valence-corrected chi connectivity index (χ0v) is 13.7. The van der Waals surface area contributed by atoms with E-state index in [4.69, 9.17) is 9.84 Å². The van der Waals surface area contributed by atoms with Crippen LogP contribution in [0.4, 0.5) is 17.6 Å². The second-order valence-corrected chi connectivity index (χ2v) is 6.19. The first-order chi connectivity index (χ1) is 12.2. The Morgan fingerprint density at radius 3 is 2.50 bits per heavy atom. The predicted molar refractivity (Wildman–Crippen MR) is 84.7 cm³/mol. The molecule has 2 aromatic rings. The first-order valence-corrected chi connectivity index (χ1v) is 7.93. The molecule has 138 valence electrons. The number of rotatable bonds is 5. The summed E-state index contributed by atoms with van der Waals surface area (Å²) in [6.07, 6.45) is -3.21. The van der Waals surface area contributed by atoms with Crippen molar-refractivity contribution in [1.29, 1.82) is 0 Å². The Bertz CT molecular complexity index is 830. The van der Waals surface area contributed by atoms with Crippen LogP contribution < -0.4 is 4.74 Å². The van der Waals surface area contributed by atoms with Crippen LogP contribution in [-0.4, -0.2) is 28.3 Å². The molecule has 1 aliphatic rings. The zero-order valence-electron chi connectivity index (χ0n) is 13.7. The van der Waals surface area contributed by atoms with Crippen molar-refractivity contribution in [3.63, 3.8) is 0 Å². The Balaban J connectivity index is 1.99. The van der Waals surface area contributed by atoms with E-state index >= 15 is 0 Å². The maximum atomic E-state index is 14.3. The maximum absolute atomic E-state index is 14.3. The Morgan fingerprint density at radius 1 is 1.31 bits per heavy atom. The van der Waals surface area contributed by atoms with Gasteiger partial charge in [0.15, 0.2) is 6.10 Å². The van der Waals surface area contributed by atoms with Gasteiger partial charge in [-0.2, -0.15) is 13.2 Å². The molecule has 0 aliphatic heterocycles. The van der Waals surface area contributed by atoms with E-state index in [9.17, 15) is 22.4 Å². The first-order valence-electron chi connectivity index (χ1n) is 7.93.